The number of nitrogens with one attached hydrogen (secondary N) is 2. The zero-order chi connectivity index (χ0) is 8.48. The second-order valence-corrected chi connectivity index (χ2v) is 4.03. The molecule has 1 fully saturated rings. The molecule has 1 heterocycles. The Morgan fingerprint density at radius 1 is 1.55 bits per heavy atom. The first kappa shape index (κ1) is 8.53. The molecular formula is C8H16N2O. The zero-order valence-electron chi connectivity index (χ0n) is 7.40. The lowest BCUT2D eigenvalue weighted by Crippen LogP contribution is -2.47. The van der Waals surface area contributed by atoms with Crippen LogP contribution in [0.25, 0.3) is 0 Å². The summed E-state index contributed by atoms with van der Waals surface area (Å²) in [5.41, 5.74) is 0.0341. The Kier molecular flexibility index (Phi) is 2.18. The zero-order valence-corrected chi connectivity index (χ0v) is 7.40. The van der Waals surface area contributed by atoms with Crippen LogP contribution in [0.4, 0.5) is 0 Å². The Hall–Kier alpha value is -0.570. The molecule has 0 unspecified atom stereocenters. The van der Waals surface area contributed by atoms with Crippen LogP contribution < -0.4 is 10.6 Å². The van der Waals surface area contributed by atoms with Crippen LogP contribution in [0.1, 0.15) is 27.2 Å². The average molecular weight is 156 g/mol. The molecule has 1 aliphatic heterocycles. The number of carbonyl (C=O) groups excluding carboxylic acids is 1. The maximum Gasteiger partial charge on any atom is 0.237 e. The summed E-state index contributed by atoms with van der Waals surface area (Å²) in [6.07, 6.45) is 0.913. The molecule has 11 heavy (non-hydrogen) atoms. The fourth-order valence-corrected chi connectivity index (χ4v) is 1.25. The third-order valence-corrected chi connectivity index (χ3v) is 1.66. The molecule has 64 valence electrons. The second kappa shape index (κ2) is 2.81. The number of hydrogen-bond donors (Lipinski definition) is 2. The predicted molar refractivity (Wildman–Crippen MR) is 44.3 cm³/mol. The van der Waals surface area contributed by atoms with Gasteiger partial charge in [0.1, 0.15) is 0 Å². The number of rotatable bonds is 1. The van der Waals surface area contributed by atoms with E-state index in [1.165, 1.54) is 0 Å². The monoisotopic (exact) mass is 156 g/mol. The van der Waals surface area contributed by atoms with Crippen molar-refractivity contribution in [2.24, 2.45) is 0 Å². The van der Waals surface area contributed by atoms with Crippen LogP contribution in [0, 0.1) is 0 Å². The lowest BCUT2D eigenvalue weighted by Gasteiger charge is -2.23. The van der Waals surface area contributed by atoms with Crippen molar-refractivity contribution in [3.05, 3.63) is 0 Å². The Morgan fingerprint density at radius 2 is 2.18 bits per heavy atom. The highest BCUT2D eigenvalue weighted by Crippen LogP contribution is 2.06. The lowest BCUT2D eigenvalue weighted by atomic mass is 10.1. The molecule has 1 amide bonds. The van der Waals surface area contributed by atoms with Crippen molar-refractivity contribution in [3.8, 4) is 0 Å². The second-order valence-electron chi connectivity index (χ2n) is 4.03. The fourth-order valence-electron chi connectivity index (χ4n) is 1.25. The molecule has 0 radical (unpaired) electrons. The highest BCUT2D eigenvalue weighted by atomic mass is 16.2. The van der Waals surface area contributed by atoms with Crippen molar-refractivity contribution in [1.29, 1.82) is 0 Å². The standard InChI is InChI=1S/C8H16N2O/c1-8(2,3)10-6-4-5-9-7(6)11/h6,10H,4-5H2,1-3H3,(H,9,11)/t6-/m0/s1. The maximum atomic E-state index is 11.1. The average Bonchev–Trinajstić information content (AvgIpc) is 2.12. The van der Waals surface area contributed by atoms with Crippen molar-refractivity contribution in [2.75, 3.05) is 6.54 Å². The first-order valence-corrected chi connectivity index (χ1v) is 4.04. The molecule has 1 atom stereocenters. The van der Waals surface area contributed by atoms with Gasteiger partial charge in [-0.05, 0) is 27.2 Å². The Morgan fingerprint density at radius 3 is 2.55 bits per heavy atom. The fraction of sp³-hybridized carbons (Fsp3) is 0.875. The van der Waals surface area contributed by atoms with Gasteiger partial charge in [-0.1, -0.05) is 0 Å². The van der Waals surface area contributed by atoms with Gasteiger partial charge in [0.2, 0.25) is 5.91 Å². The summed E-state index contributed by atoms with van der Waals surface area (Å²) in [6, 6.07) is 0.0231. The van der Waals surface area contributed by atoms with E-state index in [4.69, 9.17) is 0 Å². The molecular weight excluding hydrogens is 140 g/mol. The first-order chi connectivity index (χ1) is 4.99. The van der Waals surface area contributed by atoms with Gasteiger partial charge in [-0.25, -0.2) is 0 Å². The van der Waals surface area contributed by atoms with Gasteiger partial charge < -0.3 is 10.6 Å². The lowest BCUT2D eigenvalue weighted by molar-refractivity contribution is -0.121. The van der Waals surface area contributed by atoms with E-state index >= 15 is 0 Å². The highest BCUT2D eigenvalue weighted by molar-refractivity contribution is 5.83. The van der Waals surface area contributed by atoms with Crippen LogP contribution >= 0.6 is 0 Å². The van der Waals surface area contributed by atoms with E-state index in [1.807, 2.05) is 0 Å². The molecule has 0 saturated carbocycles. The highest BCUT2D eigenvalue weighted by Gasteiger charge is 2.27. The summed E-state index contributed by atoms with van der Waals surface area (Å²) >= 11 is 0. The maximum absolute atomic E-state index is 11.1. The van der Waals surface area contributed by atoms with E-state index < -0.39 is 0 Å². The molecule has 2 N–H and O–H groups in total. The number of carbonyl (C=O) groups is 1. The summed E-state index contributed by atoms with van der Waals surface area (Å²) in [5.74, 6) is 0.139. The third-order valence-electron chi connectivity index (χ3n) is 1.66. The van der Waals surface area contributed by atoms with Gasteiger partial charge in [-0.2, -0.15) is 0 Å². The first-order valence-electron chi connectivity index (χ1n) is 4.04. The van der Waals surface area contributed by atoms with Crippen LogP contribution in [0.5, 0.6) is 0 Å². The SMILES string of the molecule is CC(C)(C)N[C@H]1CCNC1=O. The minimum Gasteiger partial charge on any atom is -0.355 e. The quantitative estimate of drug-likeness (QED) is 0.572. The Balaban J connectivity index is 2.43. The smallest absolute Gasteiger partial charge is 0.237 e. The number of amides is 1. The van der Waals surface area contributed by atoms with Crippen LogP contribution in [-0.2, 0) is 4.79 Å². The molecule has 1 saturated heterocycles. The predicted octanol–water partition coefficient (Wildman–Crippen LogP) is 0.263. The van der Waals surface area contributed by atoms with E-state index in [2.05, 4.69) is 31.4 Å². The van der Waals surface area contributed by atoms with E-state index in [1.54, 1.807) is 0 Å². The molecule has 0 spiro atoms. The molecule has 1 rings (SSSR count). The minimum atomic E-state index is 0.0231. The Labute approximate surface area is 67.5 Å². The van der Waals surface area contributed by atoms with Crippen molar-refractivity contribution < 1.29 is 4.79 Å². The van der Waals surface area contributed by atoms with Crippen molar-refractivity contribution >= 4 is 5.91 Å². The van der Waals surface area contributed by atoms with Gasteiger partial charge >= 0.3 is 0 Å². The van der Waals surface area contributed by atoms with E-state index in [0.717, 1.165) is 13.0 Å². The van der Waals surface area contributed by atoms with Gasteiger partial charge in [0.25, 0.3) is 0 Å². The molecule has 0 aromatic carbocycles. The van der Waals surface area contributed by atoms with Crippen molar-refractivity contribution in [2.45, 2.75) is 38.8 Å². The summed E-state index contributed by atoms with van der Waals surface area (Å²) < 4.78 is 0. The minimum absolute atomic E-state index is 0.0231. The van der Waals surface area contributed by atoms with Crippen LogP contribution in [0.3, 0.4) is 0 Å². The summed E-state index contributed by atoms with van der Waals surface area (Å²) in [4.78, 5) is 11.1. The van der Waals surface area contributed by atoms with E-state index in [-0.39, 0.29) is 17.5 Å². The van der Waals surface area contributed by atoms with E-state index in [0.29, 0.717) is 0 Å². The molecule has 0 bridgehead atoms. The van der Waals surface area contributed by atoms with Crippen LogP contribution in [-0.4, -0.2) is 24.0 Å². The Bertz CT molecular complexity index is 160. The van der Waals surface area contributed by atoms with Gasteiger partial charge in [0.15, 0.2) is 0 Å². The molecule has 3 heteroatoms. The van der Waals surface area contributed by atoms with Gasteiger partial charge in [0, 0.05) is 12.1 Å². The molecule has 1 aliphatic rings. The summed E-state index contributed by atoms with van der Waals surface area (Å²) in [5, 5.41) is 6.05. The topological polar surface area (TPSA) is 41.1 Å². The normalized spacial score (nSPS) is 25.4. The van der Waals surface area contributed by atoms with Crippen LogP contribution in [0.15, 0.2) is 0 Å². The molecule has 0 aliphatic carbocycles. The van der Waals surface area contributed by atoms with Gasteiger partial charge in [-0.3, -0.25) is 4.79 Å². The van der Waals surface area contributed by atoms with Crippen LogP contribution in [0.2, 0.25) is 0 Å². The van der Waals surface area contributed by atoms with E-state index in [9.17, 15) is 4.79 Å². The third kappa shape index (κ3) is 2.50. The van der Waals surface area contributed by atoms with Crippen molar-refractivity contribution in [1.82, 2.24) is 10.6 Å². The number of hydrogen-bond acceptors (Lipinski definition) is 2. The van der Waals surface area contributed by atoms with Gasteiger partial charge in [0.05, 0.1) is 6.04 Å². The van der Waals surface area contributed by atoms with Gasteiger partial charge in [-0.15, -0.1) is 0 Å². The molecule has 3 nitrogen and oxygen atoms in total. The largest absolute Gasteiger partial charge is 0.355 e. The summed E-state index contributed by atoms with van der Waals surface area (Å²) in [6.45, 7) is 7.02. The summed E-state index contributed by atoms with van der Waals surface area (Å²) in [7, 11) is 0. The molecule has 0 aromatic heterocycles. The van der Waals surface area contributed by atoms with Crippen molar-refractivity contribution in [3.63, 3.8) is 0 Å². The molecule has 0 aromatic rings.